The molecule has 12 heteroatoms. The lowest BCUT2D eigenvalue weighted by molar-refractivity contribution is -0.160. The summed E-state index contributed by atoms with van der Waals surface area (Å²) in [4.78, 5) is 17.7. The largest absolute Gasteiger partial charge is 0.478 e. The van der Waals surface area contributed by atoms with Gasteiger partial charge in [-0.1, -0.05) is 23.7 Å². The van der Waals surface area contributed by atoms with Gasteiger partial charge < -0.3 is 23.9 Å². The zero-order valence-electron chi connectivity index (χ0n) is 23.1. The number of likely N-dealkylation sites (tertiary alicyclic amines) is 1. The minimum Gasteiger partial charge on any atom is -0.478 e. The van der Waals surface area contributed by atoms with Crippen LogP contribution in [-0.2, 0) is 28.4 Å². The van der Waals surface area contributed by atoms with Crippen molar-refractivity contribution in [3.8, 4) is 11.5 Å². The molecule has 2 atom stereocenters. The van der Waals surface area contributed by atoms with Crippen LogP contribution in [0, 0.1) is 5.82 Å². The van der Waals surface area contributed by atoms with E-state index in [4.69, 9.17) is 26.2 Å². The normalized spacial score (nSPS) is 20.1. The molecular weight excluding hydrogens is 575 g/mol. The van der Waals surface area contributed by atoms with Crippen LogP contribution in [0.3, 0.4) is 0 Å². The van der Waals surface area contributed by atoms with Gasteiger partial charge in [-0.25, -0.2) is 14.2 Å². The van der Waals surface area contributed by atoms with E-state index in [1.165, 1.54) is 25.3 Å². The Bertz CT molecular complexity index is 1470. The maximum Gasteiger partial charge on any atom is 0.345 e. The van der Waals surface area contributed by atoms with Crippen molar-refractivity contribution in [2.75, 3.05) is 13.1 Å². The number of para-hydroxylation sites is 1. The van der Waals surface area contributed by atoms with Crippen LogP contribution < -0.4 is 9.47 Å². The van der Waals surface area contributed by atoms with Crippen molar-refractivity contribution < 1.29 is 37.3 Å². The van der Waals surface area contributed by atoms with Crippen molar-refractivity contribution in [1.29, 1.82) is 0 Å². The molecule has 1 fully saturated rings. The fourth-order valence-corrected chi connectivity index (χ4v) is 5.73. The van der Waals surface area contributed by atoms with Crippen molar-refractivity contribution in [1.82, 2.24) is 14.5 Å². The fourth-order valence-electron chi connectivity index (χ4n) is 5.57. The Labute approximate surface area is 246 Å². The number of piperidine rings is 1. The number of rotatable bonds is 10. The first-order chi connectivity index (χ1) is 20.0. The number of carboxylic acids is 1. The van der Waals surface area contributed by atoms with Crippen LogP contribution in [0.1, 0.15) is 55.3 Å². The van der Waals surface area contributed by atoms with Gasteiger partial charge in [0.2, 0.25) is 0 Å². The summed E-state index contributed by atoms with van der Waals surface area (Å²) in [5.41, 5.74) is 1.74. The van der Waals surface area contributed by atoms with Gasteiger partial charge in [-0.2, -0.15) is 8.78 Å². The maximum atomic E-state index is 14.8. The fraction of sp³-hybridized carbons (Fsp3) is 0.400. The molecule has 1 aromatic heterocycles. The van der Waals surface area contributed by atoms with Crippen molar-refractivity contribution in [3.63, 3.8) is 0 Å². The third kappa shape index (κ3) is 6.58. The number of nitrogens with zero attached hydrogens (tertiary/aromatic N) is 3. The quantitative estimate of drug-likeness (QED) is 0.267. The number of ether oxygens (including phenoxy) is 3. The van der Waals surface area contributed by atoms with Crippen LogP contribution in [0.5, 0.6) is 11.5 Å². The molecule has 1 saturated heterocycles. The molecule has 8 nitrogen and oxygen atoms in total. The number of alkyl halides is 2. The summed E-state index contributed by atoms with van der Waals surface area (Å²) in [7, 11) is 0. The Kier molecular flexibility index (Phi) is 8.81. The van der Waals surface area contributed by atoms with Gasteiger partial charge in [0.1, 0.15) is 11.6 Å². The average Bonchev–Trinajstić information content (AvgIpc) is 3.47. The monoisotopic (exact) mass is 605 g/mol. The maximum absolute atomic E-state index is 14.8. The molecular formula is C30H31ClF3N3O5. The SMILES string of the molecule is C[C@H](Cn1c(/C=C/C(=O)O)cnc1CN1CCC(c2cccc3c2O[C@@](C)(c2ccc(Cl)cc2F)O3)CC1)OC(F)F. The Morgan fingerprint density at radius 1 is 1.26 bits per heavy atom. The molecule has 0 radical (unpaired) electrons. The summed E-state index contributed by atoms with van der Waals surface area (Å²) in [6.07, 6.45) is 4.71. The predicted octanol–water partition coefficient (Wildman–Crippen LogP) is 6.42. The summed E-state index contributed by atoms with van der Waals surface area (Å²) in [6.45, 7) is 2.30. The van der Waals surface area contributed by atoms with Gasteiger partial charge in [-0.3, -0.25) is 4.90 Å². The Hall–Kier alpha value is -3.54. The first-order valence-electron chi connectivity index (χ1n) is 13.6. The molecule has 2 aliphatic rings. The number of imidazole rings is 1. The van der Waals surface area contributed by atoms with Crippen LogP contribution in [0.15, 0.2) is 48.7 Å². The average molecular weight is 606 g/mol. The molecule has 224 valence electrons. The van der Waals surface area contributed by atoms with E-state index in [0.29, 0.717) is 29.6 Å². The Morgan fingerprint density at radius 3 is 2.71 bits per heavy atom. The second-order valence-electron chi connectivity index (χ2n) is 10.6. The van der Waals surface area contributed by atoms with Crippen LogP contribution in [-0.4, -0.2) is 51.3 Å². The van der Waals surface area contributed by atoms with Gasteiger partial charge in [0.25, 0.3) is 5.79 Å². The van der Waals surface area contributed by atoms with E-state index in [1.807, 2.05) is 18.2 Å². The van der Waals surface area contributed by atoms with Crippen LogP contribution in [0.2, 0.25) is 5.02 Å². The van der Waals surface area contributed by atoms with Crippen LogP contribution in [0.25, 0.3) is 6.08 Å². The zero-order valence-corrected chi connectivity index (χ0v) is 23.9. The summed E-state index contributed by atoms with van der Waals surface area (Å²) >= 11 is 5.93. The second kappa shape index (κ2) is 12.4. The van der Waals surface area contributed by atoms with Crippen molar-refractivity contribution >= 4 is 23.6 Å². The molecule has 3 aromatic rings. The Balaban J connectivity index is 1.28. The molecule has 0 unspecified atom stereocenters. The topological polar surface area (TPSA) is 86.1 Å². The molecule has 0 saturated carbocycles. The number of fused-ring (bicyclic) bond motifs is 1. The highest BCUT2D eigenvalue weighted by Crippen LogP contribution is 2.49. The lowest BCUT2D eigenvalue weighted by Crippen LogP contribution is -2.34. The molecule has 2 aromatic carbocycles. The third-order valence-electron chi connectivity index (χ3n) is 7.56. The van der Waals surface area contributed by atoms with E-state index in [2.05, 4.69) is 14.6 Å². The predicted molar refractivity (Wildman–Crippen MR) is 149 cm³/mol. The van der Waals surface area contributed by atoms with Crippen LogP contribution in [0.4, 0.5) is 13.2 Å². The number of carbonyl (C=O) groups is 1. The van der Waals surface area contributed by atoms with E-state index in [-0.39, 0.29) is 23.0 Å². The van der Waals surface area contributed by atoms with Gasteiger partial charge in [0.05, 0.1) is 36.6 Å². The molecule has 42 heavy (non-hydrogen) atoms. The molecule has 0 amide bonds. The van der Waals surface area contributed by atoms with Crippen molar-refractivity contribution in [2.24, 2.45) is 0 Å². The molecule has 1 N–H and O–H groups in total. The number of benzene rings is 2. The standard InChI is InChI=1S/C30H31ClF3N3O5/c1-18(40-29(33)34)16-37-21(7-9-27(38)39)15-35-26(37)17-36-12-10-19(11-13-36)22-4-3-5-25-28(22)42-30(2,41-25)23-8-6-20(31)14-24(23)32/h3-9,14-15,18-19,29H,10-13,16-17H2,1-2H3,(H,38,39)/b9-7+/t18-,30+/m1/s1. The highest BCUT2D eigenvalue weighted by atomic mass is 35.5. The summed E-state index contributed by atoms with van der Waals surface area (Å²) in [5, 5.41) is 9.32. The Morgan fingerprint density at radius 2 is 2.02 bits per heavy atom. The van der Waals surface area contributed by atoms with Gasteiger partial charge in [0, 0.05) is 23.6 Å². The molecule has 3 heterocycles. The first kappa shape index (κ1) is 29.9. The minimum absolute atomic E-state index is 0.0932. The second-order valence-corrected chi connectivity index (χ2v) is 11.0. The highest BCUT2D eigenvalue weighted by molar-refractivity contribution is 6.30. The van der Waals surface area contributed by atoms with E-state index in [9.17, 15) is 18.0 Å². The van der Waals surface area contributed by atoms with Gasteiger partial charge in [-0.15, -0.1) is 0 Å². The highest BCUT2D eigenvalue weighted by Gasteiger charge is 2.43. The van der Waals surface area contributed by atoms with Gasteiger partial charge in [-0.05, 0) is 69.1 Å². The van der Waals surface area contributed by atoms with E-state index >= 15 is 0 Å². The number of hydrogen-bond donors (Lipinski definition) is 1. The molecule has 0 bridgehead atoms. The summed E-state index contributed by atoms with van der Waals surface area (Å²) < 4.78 is 59.0. The summed E-state index contributed by atoms with van der Waals surface area (Å²) in [6, 6.07) is 10.1. The number of aromatic nitrogens is 2. The lowest BCUT2D eigenvalue weighted by Gasteiger charge is -2.32. The molecule has 5 rings (SSSR count). The van der Waals surface area contributed by atoms with E-state index in [1.54, 1.807) is 23.6 Å². The number of carboxylic acid groups (broad SMARTS) is 1. The van der Waals surface area contributed by atoms with Crippen molar-refractivity contribution in [3.05, 3.63) is 82.2 Å². The minimum atomic E-state index is -2.92. The van der Waals surface area contributed by atoms with E-state index in [0.717, 1.165) is 37.6 Å². The van der Waals surface area contributed by atoms with Gasteiger partial charge >= 0.3 is 12.6 Å². The molecule has 0 spiro atoms. The zero-order chi connectivity index (χ0) is 30.0. The lowest BCUT2D eigenvalue weighted by atomic mass is 9.88. The number of aliphatic carboxylic acids is 1. The summed E-state index contributed by atoms with van der Waals surface area (Å²) in [5.74, 6) is -1.01. The number of hydrogen-bond acceptors (Lipinski definition) is 6. The van der Waals surface area contributed by atoms with E-state index < -0.39 is 30.3 Å². The molecule has 2 aliphatic heterocycles. The van der Waals surface area contributed by atoms with Crippen molar-refractivity contribution in [2.45, 2.75) is 64.2 Å². The number of halogens is 4. The van der Waals surface area contributed by atoms with Gasteiger partial charge in [0.15, 0.2) is 11.5 Å². The molecule has 0 aliphatic carbocycles. The third-order valence-corrected chi connectivity index (χ3v) is 7.80. The van der Waals surface area contributed by atoms with Crippen LogP contribution >= 0.6 is 11.6 Å². The smallest absolute Gasteiger partial charge is 0.345 e. The first-order valence-corrected chi connectivity index (χ1v) is 14.0.